The maximum atomic E-state index is 11.9. The van der Waals surface area contributed by atoms with Crippen LogP contribution in [0.4, 0.5) is 0 Å². The Morgan fingerprint density at radius 2 is 2.17 bits per heavy atom. The summed E-state index contributed by atoms with van der Waals surface area (Å²) in [6.07, 6.45) is 0.557. The molecule has 3 rings (SSSR count). The Morgan fingerprint density at radius 3 is 2.91 bits per heavy atom. The van der Waals surface area contributed by atoms with E-state index >= 15 is 0 Å². The third-order valence-electron chi connectivity index (χ3n) is 3.31. The van der Waals surface area contributed by atoms with Gasteiger partial charge < -0.3 is 9.26 Å². The largest absolute Gasteiger partial charge is 0.426 e. The Labute approximate surface area is 137 Å². The maximum absolute atomic E-state index is 11.9. The zero-order valence-electron chi connectivity index (χ0n) is 12.9. The van der Waals surface area contributed by atoms with E-state index in [0.717, 1.165) is 16.0 Å². The highest BCUT2D eigenvalue weighted by atomic mass is 32.1. The maximum Gasteiger partial charge on any atom is 0.311 e. The summed E-state index contributed by atoms with van der Waals surface area (Å²) in [4.78, 5) is 17.2. The first-order valence-corrected chi connectivity index (χ1v) is 8.14. The molecule has 0 unspecified atom stereocenters. The van der Waals surface area contributed by atoms with E-state index in [1.165, 1.54) is 0 Å². The van der Waals surface area contributed by atoms with Crippen molar-refractivity contribution in [1.82, 2.24) is 10.1 Å². The molecule has 0 fully saturated rings. The quantitative estimate of drug-likeness (QED) is 0.524. The van der Waals surface area contributed by atoms with Gasteiger partial charge in [0.1, 0.15) is 5.75 Å². The van der Waals surface area contributed by atoms with Crippen LogP contribution < -0.4 is 4.74 Å². The third-order valence-corrected chi connectivity index (χ3v) is 4.17. The van der Waals surface area contributed by atoms with Gasteiger partial charge in [0.15, 0.2) is 0 Å². The number of benzene rings is 1. The van der Waals surface area contributed by atoms with Gasteiger partial charge in [-0.3, -0.25) is 4.79 Å². The fraction of sp³-hybridized carbons (Fsp3) is 0.235. The number of ether oxygens (including phenoxy) is 1. The fourth-order valence-electron chi connectivity index (χ4n) is 2.16. The minimum Gasteiger partial charge on any atom is -0.426 e. The van der Waals surface area contributed by atoms with Crippen molar-refractivity contribution >= 4 is 17.3 Å². The van der Waals surface area contributed by atoms with Gasteiger partial charge in [-0.25, -0.2) is 0 Å². The lowest BCUT2D eigenvalue weighted by Gasteiger charge is -2.07. The van der Waals surface area contributed by atoms with Crippen LogP contribution in [0.1, 0.15) is 23.4 Å². The van der Waals surface area contributed by atoms with Crippen molar-refractivity contribution in [2.75, 3.05) is 0 Å². The van der Waals surface area contributed by atoms with Crippen LogP contribution in [-0.2, 0) is 11.2 Å². The summed E-state index contributed by atoms with van der Waals surface area (Å²) in [6.45, 7) is 3.92. The Balaban J connectivity index is 1.57. The molecule has 0 N–H and O–H groups in total. The van der Waals surface area contributed by atoms with Crippen molar-refractivity contribution in [3.05, 3.63) is 52.7 Å². The van der Waals surface area contributed by atoms with Crippen molar-refractivity contribution in [3.63, 3.8) is 0 Å². The Kier molecular flexibility index (Phi) is 4.52. The second-order valence-corrected chi connectivity index (χ2v) is 6.18. The van der Waals surface area contributed by atoms with Gasteiger partial charge in [-0.2, -0.15) is 4.98 Å². The molecule has 0 aliphatic heterocycles. The number of esters is 1. The molecule has 2 aromatic heterocycles. The zero-order chi connectivity index (χ0) is 16.2. The summed E-state index contributed by atoms with van der Waals surface area (Å²) in [5, 5.41) is 5.87. The number of nitrogens with zero attached hydrogens (tertiary/aromatic N) is 2. The SMILES string of the molecule is Cc1ccc(OC(=O)CCc2nc(-c3cccs3)no2)c(C)c1. The third kappa shape index (κ3) is 3.84. The van der Waals surface area contributed by atoms with Crippen LogP contribution in [0.15, 0.2) is 40.2 Å². The van der Waals surface area contributed by atoms with E-state index in [1.54, 1.807) is 11.3 Å². The summed E-state index contributed by atoms with van der Waals surface area (Å²) in [6, 6.07) is 9.56. The molecule has 0 saturated heterocycles. The predicted octanol–water partition coefficient (Wildman–Crippen LogP) is 3.95. The Hall–Kier alpha value is -2.47. The lowest BCUT2D eigenvalue weighted by atomic mass is 10.1. The molecule has 0 aliphatic carbocycles. The molecular weight excluding hydrogens is 312 g/mol. The molecule has 6 heteroatoms. The zero-order valence-corrected chi connectivity index (χ0v) is 13.7. The van der Waals surface area contributed by atoms with Crippen LogP contribution >= 0.6 is 11.3 Å². The van der Waals surface area contributed by atoms with Gasteiger partial charge in [0.25, 0.3) is 0 Å². The molecule has 0 atom stereocenters. The Morgan fingerprint density at radius 1 is 1.30 bits per heavy atom. The average Bonchev–Trinajstić information content (AvgIpc) is 3.18. The van der Waals surface area contributed by atoms with Crippen LogP contribution in [0.3, 0.4) is 0 Å². The molecule has 5 nitrogen and oxygen atoms in total. The molecule has 2 heterocycles. The first-order chi connectivity index (χ1) is 11.1. The molecule has 0 radical (unpaired) electrons. The molecule has 1 aromatic carbocycles. The number of aryl methyl sites for hydroxylation is 3. The highest BCUT2D eigenvalue weighted by Crippen LogP contribution is 2.22. The minimum absolute atomic E-state index is 0.194. The van der Waals surface area contributed by atoms with E-state index < -0.39 is 0 Å². The van der Waals surface area contributed by atoms with Crippen molar-refractivity contribution in [2.45, 2.75) is 26.7 Å². The normalized spacial score (nSPS) is 10.7. The number of hydrogen-bond donors (Lipinski definition) is 0. The van der Waals surface area contributed by atoms with Gasteiger partial charge in [0.05, 0.1) is 11.3 Å². The number of rotatable bonds is 5. The van der Waals surface area contributed by atoms with E-state index in [1.807, 2.05) is 49.6 Å². The van der Waals surface area contributed by atoms with Crippen LogP contribution in [0.5, 0.6) is 5.75 Å². The van der Waals surface area contributed by atoms with Gasteiger partial charge in [-0.1, -0.05) is 28.9 Å². The van der Waals surface area contributed by atoms with Crippen molar-refractivity contribution in [1.29, 1.82) is 0 Å². The van der Waals surface area contributed by atoms with Gasteiger partial charge in [-0.15, -0.1) is 11.3 Å². The topological polar surface area (TPSA) is 65.2 Å². The molecule has 23 heavy (non-hydrogen) atoms. The summed E-state index contributed by atoms with van der Waals surface area (Å²) in [5.74, 6) is 1.27. The van der Waals surface area contributed by atoms with Crippen molar-refractivity contribution in [2.24, 2.45) is 0 Å². The van der Waals surface area contributed by atoms with Crippen LogP contribution in [0.25, 0.3) is 10.7 Å². The fourth-order valence-corrected chi connectivity index (χ4v) is 2.81. The number of thiophene rings is 1. The molecule has 0 spiro atoms. The first kappa shape index (κ1) is 15.4. The lowest BCUT2D eigenvalue weighted by molar-refractivity contribution is -0.134. The van der Waals surface area contributed by atoms with E-state index in [-0.39, 0.29) is 12.4 Å². The summed E-state index contributed by atoms with van der Waals surface area (Å²) in [5.41, 5.74) is 2.07. The van der Waals surface area contributed by atoms with E-state index in [4.69, 9.17) is 9.26 Å². The second kappa shape index (κ2) is 6.75. The van der Waals surface area contributed by atoms with Crippen LogP contribution in [-0.4, -0.2) is 16.1 Å². The smallest absolute Gasteiger partial charge is 0.311 e. The van der Waals surface area contributed by atoms with Crippen molar-refractivity contribution in [3.8, 4) is 16.5 Å². The van der Waals surface area contributed by atoms with Crippen molar-refractivity contribution < 1.29 is 14.1 Å². The lowest BCUT2D eigenvalue weighted by Crippen LogP contribution is -2.10. The standard InChI is InChI=1S/C17H16N2O3S/c1-11-5-6-13(12(2)10-11)21-16(20)8-7-15-18-17(19-22-15)14-4-3-9-23-14/h3-6,9-10H,7-8H2,1-2H3. The minimum atomic E-state index is -0.312. The van der Waals surface area contributed by atoms with Gasteiger partial charge >= 0.3 is 5.97 Å². The summed E-state index contributed by atoms with van der Waals surface area (Å²) in [7, 11) is 0. The molecule has 0 saturated carbocycles. The number of carbonyl (C=O) groups excluding carboxylic acids is 1. The molecule has 0 aliphatic rings. The number of hydrogen-bond acceptors (Lipinski definition) is 6. The predicted molar refractivity (Wildman–Crippen MR) is 87.5 cm³/mol. The van der Waals surface area contributed by atoms with Crippen LogP contribution in [0.2, 0.25) is 0 Å². The summed E-state index contributed by atoms with van der Waals surface area (Å²) >= 11 is 1.54. The van der Waals surface area contributed by atoms with E-state index in [0.29, 0.717) is 23.9 Å². The monoisotopic (exact) mass is 328 g/mol. The Bertz CT molecular complexity index is 809. The van der Waals surface area contributed by atoms with Gasteiger partial charge in [-0.05, 0) is 36.9 Å². The summed E-state index contributed by atoms with van der Waals surface area (Å²) < 4.78 is 10.5. The molecule has 0 amide bonds. The van der Waals surface area contributed by atoms with Gasteiger partial charge in [0.2, 0.25) is 11.7 Å². The molecule has 3 aromatic rings. The molecule has 118 valence electrons. The van der Waals surface area contributed by atoms with E-state index in [2.05, 4.69) is 10.1 Å². The number of aromatic nitrogens is 2. The number of carbonyl (C=O) groups is 1. The highest BCUT2D eigenvalue weighted by Gasteiger charge is 2.13. The molecular formula is C17H16N2O3S. The second-order valence-electron chi connectivity index (χ2n) is 5.23. The first-order valence-electron chi connectivity index (χ1n) is 7.26. The average molecular weight is 328 g/mol. The van der Waals surface area contributed by atoms with Crippen LogP contribution in [0, 0.1) is 13.8 Å². The van der Waals surface area contributed by atoms with E-state index in [9.17, 15) is 4.79 Å². The highest BCUT2D eigenvalue weighted by molar-refractivity contribution is 7.13. The molecule has 0 bridgehead atoms. The van der Waals surface area contributed by atoms with Gasteiger partial charge in [0, 0.05) is 6.42 Å².